The molecule has 1 nitrogen and oxygen atoms in total. The predicted octanol–water partition coefficient (Wildman–Crippen LogP) is 2.34. The number of aryl methyl sites for hydroxylation is 1. The monoisotopic (exact) mass is 179 g/mol. The Kier molecular flexibility index (Phi) is 2.32. The summed E-state index contributed by atoms with van der Waals surface area (Å²) in [6.07, 6.45) is 1.31. The van der Waals surface area contributed by atoms with Gasteiger partial charge in [0.2, 0.25) is 0 Å². The summed E-state index contributed by atoms with van der Waals surface area (Å²) in [7, 11) is 0. The first-order valence-corrected chi connectivity index (χ1v) is 4.73. The summed E-state index contributed by atoms with van der Waals surface area (Å²) < 4.78 is 12.8. The summed E-state index contributed by atoms with van der Waals surface area (Å²) in [4.78, 5) is 2.38. The van der Waals surface area contributed by atoms with Crippen LogP contribution in [0.2, 0.25) is 0 Å². The van der Waals surface area contributed by atoms with Crippen molar-refractivity contribution >= 4 is 0 Å². The van der Waals surface area contributed by atoms with Crippen LogP contribution >= 0.6 is 0 Å². The molecule has 0 aliphatic carbocycles. The van der Waals surface area contributed by atoms with Gasteiger partial charge in [0.1, 0.15) is 5.82 Å². The van der Waals surface area contributed by atoms with E-state index in [1.165, 1.54) is 25.1 Å². The van der Waals surface area contributed by atoms with Crippen LogP contribution in [0.3, 0.4) is 0 Å². The molecule has 1 aromatic rings. The summed E-state index contributed by atoms with van der Waals surface area (Å²) in [5.41, 5.74) is 2.31. The molecule has 0 N–H and O–H groups in total. The quantitative estimate of drug-likeness (QED) is 0.673. The van der Waals surface area contributed by atoms with Crippen LogP contribution in [0.25, 0.3) is 0 Å². The molecule has 0 saturated carbocycles. The Morgan fingerprint density at radius 1 is 1.38 bits per heavy atom. The van der Waals surface area contributed by atoms with E-state index in [9.17, 15) is 4.39 Å². The molecule has 1 aliphatic heterocycles. The number of rotatable bonds is 2. The molecule has 0 amide bonds. The maximum absolute atomic E-state index is 12.8. The van der Waals surface area contributed by atoms with Gasteiger partial charge in [0, 0.05) is 6.54 Å². The molecule has 1 aliphatic rings. The second kappa shape index (κ2) is 3.46. The van der Waals surface area contributed by atoms with E-state index in [0.717, 1.165) is 12.1 Å². The van der Waals surface area contributed by atoms with E-state index < -0.39 is 0 Å². The highest BCUT2D eigenvalue weighted by molar-refractivity contribution is 5.26. The van der Waals surface area contributed by atoms with E-state index >= 15 is 0 Å². The Morgan fingerprint density at radius 2 is 2.15 bits per heavy atom. The van der Waals surface area contributed by atoms with Crippen molar-refractivity contribution in [2.75, 3.05) is 13.1 Å². The first-order chi connectivity index (χ1) is 6.25. The van der Waals surface area contributed by atoms with Crippen LogP contribution in [0, 0.1) is 12.7 Å². The van der Waals surface area contributed by atoms with Crippen LogP contribution in [0.4, 0.5) is 4.39 Å². The summed E-state index contributed by atoms with van der Waals surface area (Å²) >= 11 is 0. The number of benzene rings is 1. The van der Waals surface area contributed by atoms with Crippen molar-refractivity contribution in [1.82, 2.24) is 4.90 Å². The fourth-order valence-electron chi connectivity index (χ4n) is 1.62. The lowest BCUT2D eigenvalue weighted by molar-refractivity contribution is 0.172. The van der Waals surface area contributed by atoms with Crippen molar-refractivity contribution in [2.24, 2.45) is 0 Å². The summed E-state index contributed by atoms with van der Waals surface area (Å²) in [5.74, 6) is -0.134. The van der Waals surface area contributed by atoms with Gasteiger partial charge in [-0.25, -0.2) is 4.39 Å². The predicted molar refractivity (Wildman–Crippen MR) is 51.0 cm³/mol. The van der Waals surface area contributed by atoms with E-state index in [1.54, 1.807) is 12.1 Å². The van der Waals surface area contributed by atoms with Crippen molar-refractivity contribution in [3.05, 3.63) is 35.1 Å². The van der Waals surface area contributed by atoms with Crippen molar-refractivity contribution in [3.8, 4) is 0 Å². The van der Waals surface area contributed by atoms with Gasteiger partial charge in [0.15, 0.2) is 0 Å². The van der Waals surface area contributed by atoms with E-state index in [4.69, 9.17) is 0 Å². The molecule has 0 spiro atoms. The largest absolute Gasteiger partial charge is 0.299 e. The van der Waals surface area contributed by atoms with Crippen molar-refractivity contribution in [2.45, 2.75) is 19.9 Å². The van der Waals surface area contributed by atoms with Crippen LogP contribution in [0.15, 0.2) is 18.2 Å². The highest BCUT2D eigenvalue weighted by atomic mass is 19.1. The summed E-state index contributed by atoms with van der Waals surface area (Å²) in [6.45, 7) is 5.33. The van der Waals surface area contributed by atoms with Crippen molar-refractivity contribution in [1.29, 1.82) is 0 Å². The number of likely N-dealkylation sites (tertiary alicyclic amines) is 1. The topological polar surface area (TPSA) is 3.24 Å². The van der Waals surface area contributed by atoms with Gasteiger partial charge in [-0.15, -0.1) is 0 Å². The Hall–Kier alpha value is -0.890. The first-order valence-electron chi connectivity index (χ1n) is 4.73. The maximum atomic E-state index is 12.8. The van der Waals surface area contributed by atoms with Gasteiger partial charge in [0.05, 0.1) is 0 Å². The van der Waals surface area contributed by atoms with Crippen molar-refractivity contribution in [3.63, 3.8) is 0 Å². The lowest BCUT2D eigenvalue weighted by atomic mass is 10.1. The van der Waals surface area contributed by atoms with E-state index in [-0.39, 0.29) is 5.82 Å². The molecule has 0 atom stereocenters. The van der Waals surface area contributed by atoms with Crippen LogP contribution in [0.5, 0.6) is 0 Å². The number of nitrogens with zero attached hydrogens (tertiary/aromatic N) is 1. The Morgan fingerprint density at radius 3 is 2.69 bits per heavy atom. The first kappa shape index (κ1) is 8.70. The minimum atomic E-state index is -0.134. The average molecular weight is 179 g/mol. The Bertz CT molecular complexity index is 305. The molecule has 1 heterocycles. The summed E-state index contributed by atoms with van der Waals surface area (Å²) in [6, 6.07) is 5.04. The van der Waals surface area contributed by atoms with E-state index in [2.05, 4.69) is 4.90 Å². The molecule has 2 heteroatoms. The van der Waals surface area contributed by atoms with E-state index in [1.807, 2.05) is 13.0 Å². The number of hydrogen-bond donors (Lipinski definition) is 0. The third kappa shape index (κ3) is 1.89. The molecule has 0 radical (unpaired) electrons. The van der Waals surface area contributed by atoms with E-state index in [0.29, 0.717) is 0 Å². The summed E-state index contributed by atoms with van der Waals surface area (Å²) in [5, 5.41) is 0. The third-order valence-electron chi connectivity index (χ3n) is 2.65. The lowest BCUT2D eigenvalue weighted by Gasteiger charge is -2.31. The van der Waals surface area contributed by atoms with Gasteiger partial charge in [-0.05, 0) is 49.7 Å². The van der Waals surface area contributed by atoms with Gasteiger partial charge >= 0.3 is 0 Å². The van der Waals surface area contributed by atoms with Gasteiger partial charge in [-0.2, -0.15) is 0 Å². The fourth-order valence-corrected chi connectivity index (χ4v) is 1.62. The van der Waals surface area contributed by atoms with Crippen molar-refractivity contribution < 1.29 is 4.39 Å². The molecule has 1 fully saturated rings. The van der Waals surface area contributed by atoms with Crippen LogP contribution < -0.4 is 0 Å². The molecule has 0 unspecified atom stereocenters. The molecule has 13 heavy (non-hydrogen) atoms. The number of halogens is 1. The SMILES string of the molecule is Cc1cc(F)ccc1CN1CCC1. The standard InChI is InChI=1S/C11H14FN/c1-9-7-11(12)4-3-10(9)8-13-5-2-6-13/h3-4,7H,2,5-6,8H2,1H3. The highest BCUT2D eigenvalue weighted by Crippen LogP contribution is 2.16. The molecule has 1 aromatic carbocycles. The normalized spacial score (nSPS) is 17.1. The Labute approximate surface area is 78.2 Å². The minimum absolute atomic E-state index is 0.134. The maximum Gasteiger partial charge on any atom is 0.123 e. The zero-order valence-electron chi connectivity index (χ0n) is 7.89. The van der Waals surface area contributed by atoms with Crippen LogP contribution in [-0.4, -0.2) is 18.0 Å². The lowest BCUT2D eigenvalue weighted by Crippen LogP contribution is -2.36. The second-order valence-corrected chi connectivity index (χ2v) is 3.70. The van der Waals surface area contributed by atoms with Gasteiger partial charge < -0.3 is 0 Å². The molecule has 0 aromatic heterocycles. The molecular weight excluding hydrogens is 165 g/mol. The highest BCUT2D eigenvalue weighted by Gasteiger charge is 2.14. The fraction of sp³-hybridized carbons (Fsp3) is 0.455. The Balaban J connectivity index is 2.10. The molecule has 70 valence electrons. The van der Waals surface area contributed by atoms with Crippen LogP contribution in [-0.2, 0) is 6.54 Å². The molecular formula is C11H14FN. The number of hydrogen-bond acceptors (Lipinski definition) is 1. The molecule has 2 rings (SSSR count). The third-order valence-corrected chi connectivity index (χ3v) is 2.65. The van der Waals surface area contributed by atoms with Gasteiger partial charge in [-0.3, -0.25) is 4.90 Å². The minimum Gasteiger partial charge on any atom is -0.299 e. The second-order valence-electron chi connectivity index (χ2n) is 3.70. The zero-order valence-corrected chi connectivity index (χ0v) is 7.89. The van der Waals surface area contributed by atoms with Gasteiger partial charge in [-0.1, -0.05) is 6.07 Å². The molecule has 0 bridgehead atoms. The smallest absolute Gasteiger partial charge is 0.123 e. The van der Waals surface area contributed by atoms with Gasteiger partial charge in [0.25, 0.3) is 0 Å². The molecule has 1 saturated heterocycles. The average Bonchev–Trinajstić information content (AvgIpc) is 1.99. The van der Waals surface area contributed by atoms with Crippen LogP contribution in [0.1, 0.15) is 17.5 Å². The zero-order chi connectivity index (χ0) is 9.26.